The van der Waals surface area contributed by atoms with Gasteiger partial charge < -0.3 is 5.32 Å². The van der Waals surface area contributed by atoms with Gasteiger partial charge in [-0.1, -0.05) is 53.1 Å². The lowest BCUT2D eigenvalue weighted by Gasteiger charge is -2.13. The van der Waals surface area contributed by atoms with Crippen LogP contribution in [0.25, 0.3) is 22.2 Å². The number of nitrogens with zero attached hydrogens (tertiary/aromatic N) is 1. The Morgan fingerprint density at radius 2 is 1.55 bits per heavy atom. The highest BCUT2D eigenvalue weighted by atomic mass is 35.5. The quantitative estimate of drug-likeness (QED) is 0.414. The molecule has 1 heterocycles. The van der Waals surface area contributed by atoms with Crippen LogP contribution in [0.1, 0.15) is 27.0 Å². The molecule has 0 radical (unpaired) electrons. The fourth-order valence-corrected chi connectivity index (χ4v) is 3.60. The molecule has 144 valence electrons. The van der Waals surface area contributed by atoms with Crippen LogP contribution in [0, 0.1) is 20.8 Å². The van der Waals surface area contributed by atoms with Crippen molar-refractivity contribution in [2.75, 3.05) is 5.32 Å². The second-order valence-electron chi connectivity index (χ2n) is 7.36. The Balaban J connectivity index is 1.86. The summed E-state index contributed by atoms with van der Waals surface area (Å²) in [7, 11) is 0. The molecule has 1 aromatic heterocycles. The second-order valence-corrected chi connectivity index (χ2v) is 7.80. The molecule has 4 rings (SSSR count). The second kappa shape index (κ2) is 7.69. The number of carbonyl (C=O) groups excluding carboxylic acids is 1. The maximum absolute atomic E-state index is 13.2. The maximum atomic E-state index is 13.2. The van der Waals surface area contributed by atoms with Gasteiger partial charge in [0.2, 0.25) is 0 Å². The predicted molar refractivity (Wildman–Crippen MR) is 121 cm³/mol. The first kappa shape index (κ1) is 19.2. The molecule has 29 heavy (non-hydrogen) atoms. The van der Waals surface area contributed by atoms with Gasteiger partial charge in [0.1, 0.15) is 0 Å². The van der Waals surface area contributed by atoms with Crippen molar-refractivity contribution in [2.24, 2.45) is 0 Å². The van der Waals surface area contributed by atoms with Gasteiger partial charge >= 0.3 is 0 Å². The Hall–Kier alpha value is -3.17. The molecule has 0 saturated carbocycles. The minimum Gasteiger partial charge on any atom is -0.322 e. The van der Waals surface area contributed by atoms with Crippen molar-refractivity contribution >= 4 is 34.1 Å². The molecule has 0 aliphatic heterocycles. The summed E-state index contributed by atoms with van der Waals surface area (Å²) in [5, 5.41) is 4.53. The minimum atomic E-state index is -0.151. The van der Waals surface area contributed by atoms with Crippen molar-refractivity contribution in [1.82, 2.24) is 4.98 Å². The average molecular weight is 401 g/mol. The fourth-order valence-electron chi connectivity index (χ4n) is 3.47. The van der Waals surface area contributed by atoms with Gasteiger partial charge in [0.15, 0.2) is 0 Å². The van der Waals surface area contributed by atoms with Crippen molar-refractivity contribution in [2.45, 2.75) is 20.8 Å². The van der Waals surface area contributed by atoms with Gasteiger partial charge in [-0.15, -0.1) is 0 Å². The number of halogens is 1. The van der Waals surface area contributed by atoms with E-state index in [9.17, 15) is 4.79 Å². The molecule has 0 atom stereocenters. The number of hydrogen-bond acceptors (Lipinski definition) is 2. The van der Waals surface area contributed by atoms with E-state index in [-0.39, 0.29) is 5.91 Å². The van der Waals surface area contributed by atoms with Crippen molar-refractivity contribution in [3.63, 3.8) is 0 Å². The van der Waals surface area contributed by atoms with E-state index in [2.05, 4.69) is 11.4 Å². The van der Waals surface area contributed by atoms with E-state index in [1.165, 1.54) is 0 Å². The number of amides is 1. The van der Waals surface area contributed by atoms with Crippen LogP contribution in [0.4, 0.5) is 5.69 Å². The van der Waals surface area contributed by atoms with E-state index < -0.39 is 0 Å². The van der Waals surface area contributed by atoms with Crippen LogP contribution in [-0.2, 0) is 0 Å². The molecule has 3 aromatic carbocycles. The fraction of sp³-hybridized carbons (Fsp3) is 0.120. The molecule has 0 bridgehead atoms. The lowest BCUT2D eigenvalue weighted by Crippen LogP contribution is -2.13. The normalized spacial score (nSPS) is 10.9. The predicted octanol–water partition coefficient (Wildman–Crippen LogP) is 6.73. The van der Waals surface area contributed by atoms with Crippen LogP contribution >= 0.6 is 11.6 Å². The van der Waals surface area contributed by atoms with Gasteiger partial charge in [-0.3, -0.25) is 4.79 Å². The standard InChI is InChI=1S/C25H21ClN2O/c1-15-4-10-20(11-5-15)27-25(29)22-14-23(18-6-8-19(26)9-7-18)28-24-17(3)12-16(2)13-21(22)24/h4-14H,1-3H3,(H,27,29). The Morgan fingerprint density at radius 1 is 0.862 bits per heavy atom. The van der Waals surface area contributed by atoms with Crippen molar-refractivity contribution in [3.8, 4) is 11.3 Å². The molecule has 0 saturated heterocycles. The highest BCUT2D eigenvalue weighted by Gasteiger charge is 2.16. The summed E-state index contributed by atoms with van der Waals surface area (Å²) in [6, 6.07) is 21.2. The molecule has 1 N–H and O–H groups in total. The van der Waals surface area contributed by atoms with Crippen LogP contribution in [0.15, 0.2) is 66.7 Å². The van der Waals surface area contributed by atoms with E-state index >= 15 is 0 Å². The minimum absolute atomic E-state index is 0.151. The molecule has 4 heteroatoms. The number of aryl methyl sites for hydroxylation is 3. The molecule has 0 unspecified atom stereocenters. The summed E-state index contributed by atoms with van der Waals surface area (Å²) in [5.41, 5.74) is 7.15. The molecule has 0 fully saturated rings. The summed E-state index contributed by atoms with van der Waals surface area (Å²) in [6.45, 7) is 6.07. The smallest absolute Gasteiger partial charge is 0.256 e. The molecule has 3 nitrogen and oxygen atoms in total. The Labute approximate surface area is 175 Å². The highest BCUT2D eigenvalue weighted by Crippen LogP contribution is 2.29. The zero-order valence-electron chi connectivity index (χ0n) is 16.6. The van der Waals surface area contributed by atoms with Gasteiger partial charge in [-0.05, 0) is 62.7 Å². The number of fused-ring (bicyclic) bond motifs is 1. The first-order valence-corrected chi connectivity index (χ1v) is 9.84. The average Bonchev–Trinajstić information content (AvgIpc) is 2.69. The SMILES string of the molecule is Cc1ccc(NC(=O)c2cc(-c3ccc(Cl)cc3)nc3c(C)cc(C)cc23)cc1. The molecule has 0 aliphatic rings. The molecular weight excluding hydrogens is 380 g/mol. The first-order valence-electron chi connectivity index (χ1n) is 9.47. The Morgan fingerprint density at radius 3 is 2.24 bits per heavy atom. The third kappa shape index (κ3) is 4.01. The van der Waals surface area contributed by atoms with Gasteiger partial charge in [-0.25, -0.2) is 4.98 Å². The maximum Gasteiger partial charge on any atom is 0.256 e. The number of anilines is 1. The zero-order chi connectivity index (χ0) is 20.5. The molecular formula is C25H21ClN2O. The topological polar surface area (TPSA) is 42.0 Å². The van der Waals surface area contributed by atoms with Gasteiger partial charge in [-0.2, -0.15) is 0 Å². The number of aromatic nitrogens is 1. The summed E-state index contributed by atoms with van der Waals surface area (Å²) in [6.07, 6.45) is 0. The lowest BCUT2D eigenvalue weighted by atomic mass is 9.99. The van der Waals surface area contributed by atoms with Crippen LogP contribution in [0.2, 0.25) is 5.02 Å². The molecule has 1 amide bonds. The number of rotatable bonds is 3. The van der Waals surface area contributed by atoms with Crippen LogP contribution < -0.4 is 5.32 Å². The molecule has 0 spiro atoms. The molecule has 0 aliphatic carbocycles. The summed E-state index contributed by atoms with van der Waals surface area (Å²) >= 11 is 6.04. The summed E-state index contributed by atoms with van der Waals surface area (Å²) in [4.78, 5) is 18.1. The van der Waals surface area contributed by atoms with E-state index in [0.717, 1.165) is 44.5 Å². The van der Waals surface area contributed by atoms with Crippen molar-refractivity contribution < 1.29 is 4.79 Å². The monoisotopic (exact) mass is 400 g/mol. The van der Waals surface area contributed by atoms with Crippen LogP contribution in [0.3, 0.4) is 0 Å². The Bertz CT molecular complexity index is 1210. The molecule has 4 aromatic rings. The number of hydrogen-bond donors (Lipinski definition) is 1. The summed E-state index contributed by atoms with van der Waals surface area (Å²) < 4.78 is 0. The van der Waals surface area contributed by atoms with Crippen molar-refractivity contribution in [1.29, 1.82) is 0 Å². The number of nitrogens with one attached hydrogen (secondary N) is 1. The number of benzene rings is 3. The first-order chi connectivity index (χ1) is 13.9. The number of pyridine rings is 1. The third-order valence-corrected chi connectivity index (χ3v) is 5.19. The van der Waals surface area contributed by atoms with E-state index in [1.807, 2.05) is 81.4 Å². The lowest BCUT2D eigenvalue weighted by molar-refractivity contribution is 0.102. The van der Waals surface area contributed by atoms with Crippen LogP contribution in [-0.4, -0.2) is 10.9 Å². The van der Waals surface area contributed by atoms with Gasteiger partial charge in [0.05, 0.1) is 16.8 Å². The van der Waals surface area contributed by atoms with Gasteiger partial charge in [0, 0.05) is 21.7 Å². The number of carbonyl (C=O) groups is 1. The third-order valence-electron chi connectivity index (χ3n) is 4.94. The van der Waals surface area contributed by atoms with Crippen LogP contribution in [0.5, 0.6) is 0 Å². The highest BCUT2D eigenvalue weighted by molar-refractivity contribution is 6.30. The van der Waals surface area contributed by atoms with Crippen molar-refractivity contribution in [3.05, 3.63) is 94.0 Å². The Kier molecular flexibility index (Phi) is 5.08. The van der Waals surface area contributed by atoms with E-state index in [1.54, 1.807) is 0 Å². The van der Waals surface area contributed by atoms with E-state index in [4.69, 9.17) is 16.6 Å². The zero-order valence-corrected chi connectivity index (χ0v) is 17.3. The summed E-state index contributed by atoms with van der Waals surface area (Å²) in [5.74, 6) is -0.151. The largest absolute Gasteiger partial charge is 0.322 e. The van der Waals surface area contributed by atoms with E-state index in [0.29, 0.717) is 10.6 Å². The van der Waals surface area contributed by atoms with Gasteiger partial charge in [0.25, 0.3) is 5.91 Å².